The van der Waals surface area contributed by atoms with Crippen molar-refractivity contribution in [1.82, 2.24) is 20.5 Å². The number of aromatic nitrogens is 1. The smallest absolute Gasteiger partial charge is 0.350 e. The van der Waals surface area contributed by atoms with Crippen molar-refractivity contribution >= 4 is 47.2 Å². The zero-order valence-corrected chi connectivity index (χ0v) is 16.0. The molecule has 0 radical (unpaired) electrons. The van der Waals surface area contributed by atoms with Crippen LogP contribution in [0.4, 0.5) is 13.2 Å². The molecule has 0 aromatic carbocycles. The summed E-state index contributed by atoms with van der Waals surface area (Å²) in [4.78, 5) is 21.3. The number of carbonyl (C=O) groups excluding carboxylic acids is 1. The molecule has 0 bridgehead atoms. The van der Waals surface area contributed by atoms with Gasteiger partial charge in [0.2, 0.25) is 5.91 Å². The van der Waals surface area contributed by atoms with Gasteiger partial charge in [-0.1, -0.05) is 0 Å². The Morgan fingerprint density at radius 3 is 2.57 bits per heavy atom. The van der Waals surface area contributed by atoms with E-state index >= 15 is 0 Å². The van der Waals surface area contributed by atoms with E-state index in [1.54, 1.807) is 6.20 Å². The standard InChI is InChI=1S/C12H18F3N5OS.HI/c1-8-4-17-9(22-8)5-18-11(16-2)19-6-10(21)20(3)7-12(13,14)15;/h4H,5-7H2,1-3H3,(H2,16,18,19);1H. The summed E-state index contributed by atoms with van der Waals surface area (Å²) < 4.78 is 36.6. The van der Waals surface area contributed by atoms with Crippen molar-refractivity contribution in [2.45, 2.75) is 19.6 Å². The van der Waals surface area contributed by atoms with Crippen molar-refractivity contribution in [2.75, 3.05) is 27.2 Å². The maximum absolute atomic E-state index is 12.2. The number of amides is 1. The van der Waals surface area contributed by atoms with E-state index in [4.69, 9.17) is 0 Å². The number of rotatable bonds is 5. The third-order valence-electron chi connectivity index (χ3n) is 2.55. The quantitative estimate of drug-likeness (QED) is 0.395. The van der Waals surface area contributed by atoms with Crippen LogP contribution in [-0.2, 0) is 11.3 Å². The molecule has 1 heterocycles. The number of hydrogen-bond acceptors (Lipinski definition) is 4. The van der Waals surface area contributed by atoms with Gasteiger partial charge in [-0.15, -0.1) is 35.3 Å². The molecule has 1 rings (SSSR count). The molecule has 0 atom stereocenters. The number of halogens is 4. The van der Waals surface area contributed by atoms with Crippen molar-refractivity contribution in [3.05, 3.63) is 16.1 Å². The van der Waals surface area contributed by atoms with E-state index in [1.165, 1.54) is 18.4 Å². The van der Waals surface area contributed by atoms with E-state index in [1.807, 2.05) is 6.92 Å². The topological polar surface area (TPSA) is 69.6 Å². The average Bonchev–Trinajstić information content (AvgIpc) is 2.82. The molecule has 23 heavy (non-hydrogen) atoms. The number of alkyl halides is 3. The molecule has 0 unspecified atom stereocenters. The fourth-order valence-electron chi connectivity index (χ4n) is 1.51. The molecule has 1 aromatic rings. The van der Waals surface area contributed by atoms with Gasteiger partial charge in [-0.05, 0) is 6.92 Å². The van der Waals surface area contributed by atoms with E-state index in [2.05, 4.69) is 20.6 Å². The van der Waals surface area contributed by atoms with Crippen molar-refractivity contribution in [1.29, 1.82) is 0 Å². The lowest BCUT2D eigenvalue weighted by Gasteiger charge is -2.19. The second-order valence-corrected chi connectivity index (χ2v) is 5.83. The van der Waals surface area contributed by atoms with Crippen molar-refractivity contribution in [3.63, 3.8) is 0 Å². The summed E-state index contributed by atoms with van der Waals surface area (Å²) >= 11 is 1.52. The van der Waals surface area contributed by atoms with Gasteiger partial charge in [0, 0.05) is 25.2 Å². The number of aryl methyl sites for hydroxylation is 1. The maximum Gasteiger partial charge on any atom is 0.406 e. The summed E-state index contributed by atoms with van der Waals surface area (Å²) in [5.74, 6) is -0.355. The molecule has 0 fully saturated rings. The van der Waals surface area contributed by atoms with Crippen LogP contribution in [0.3, 0.4) is 0 Å². The van der Waals surface area contributed by atoms with E-state index < -0.39 is 18.6 Å². The lowest BCUT2D eigenvalue weighted by molar-refractivity contribution is -0.157. The molecule has 0 aliphatic rings. The molecule has 1 amide bonds. The van der Waals surface area contributed by atoms with Crippen LogP contribution in [0.25, 0.3) is 0 Å². The Labute approximate surface area is 153 Å². The highest BCUT2D eigenvalue weighted by molar-refractivity contribution is 14.0. The largest absolute Gasteiger partial charge is 0.406 e. The van der Waals surface area contributed by atoms with Gasteiger partial charge in [0.1, 0.15) is 11.6 Å². The number of nitrogens with zero attached hydrogens (tertiary/aromatic N) is 3. The Kier molecular flexibility index (Phi) is 9.42. The Balaban J connectivity index is 0.00000484. The molecule has 0 saturated heterocycles. The molecule has 132 valence electrons. The Hall–Kier alpha value is -1.11. The minimum Gasteiger partial charge on any atom is -0.350 e. The third-order valence-corrected chi connectivity index (χ3v) is 3.46. The number of thiazole rings is 1. The highest BCUT2D eigenvalue weighted by atomic mass is 127. The first-order valence-electron chi connectivity index (χ1n) is 6.38. The number of nitrogens with one attached hydrogen (secondary N) is 2. The molecule has 11 heteroatoms. The lowest BCUT2D eigenvalue weighted by Crippen LogP contribution is -2.45. The second-order valence-electron chi connectivity index (χ2n) is 4.51. The number of carbonyl (C=O) groups is 1. The molecule has 0 aliphatic carbocycles. The minimum atomic E-state index is -4.41. The highest BCUT2D eigenvalue weighted by Crippen LogP contribution is 2.15. The minimum absolute atomic E-state index is 0. The summed E-state index contributed by atoms with van der Waals surface area (Å²) in [5.41, 5.74) is 0. The molecular weight excluding hydrogens is 446 g/mol. The number of hydrogen-bond donors (Lipinski definition) is 2. The fourth-order valence-corrected chi connectivity index (χ4v) is 2.24. The molecular formula is C12H19F3IN5OS. The van der Waals surface area contributed by atoms with Crippen LogP contribution in [0, 0.1) is 6.92 Å². The van der Waals surface area contributed by atoms with Gasteiger partial charge in [-0.2, -0.15) is 13.2 Å². The molecule has 0 spiro atoms. The number of aliphatic imine (C=N–C) groups is 1. The van der Waals surface area contributed by atoms with Crippen LogP contribution >= 0.6 is 35.3 Å². The van der Waals surface area contributed by atoms with Crippen LogP contribution in [0.5, 0.6) is 0 Å². The van der Waals surface area contributed by atoms with E-state index in [0.717, 1.165) is 16.9 Å². The van der Waals surface area contributed by atoms with Crippen LogP contribution in [0.2, 0.25) is 0 Å². The average molecular weight is 465 g/mol. The monoisotopic (exact) mass is 465 g/mol. The van der Waals surface area contributed by atoms with E-state index in [0.29, 0.717) is 17.4 Å². The normalized spacial score (nSPS) is 11.7. The Morgan fingerprint density at radius 2 is 2.09 bits per heavy atom. The van der Waals surface area contributed by atoms with Gasteiger partial charge in [0.25, 0.3) is 0 Å². The predicted octanol–water partition coefficient (Wildman–Crippen LogP) is 1.76. The molecule has 0 aliphatic heterocycles. The zero-order chi connectivity index (χ0) is 16.8. The summed E-state index contributed by atoms with van der Waals surface area (Å²) in [7, 11) is 2.61. The van der Waals surface area contributed by atoms with Crippen molar-refractivity contribution in [2.24, 2.45) is 4.99 Å². The zero-order valence-electron chi connectivity index (χ0n) is 12.9. The SMILES string of the molecule is CN=C(NCC(=O)N(C)CC(F)(F)F)NCc1ncc(C)s1.I. The van der Waals surface area contributed by atoms with Crippen molar-refractivity contribution < 1.29 is 18.0 Å². The third kappa shape index (κ3) is 8.93. The summed E-state index contributed by atoms with van der Waals surface area (Å²) in [6.07, 6.45) is -2.67. The molecule has 6 nitrogen and oxygen atoms in total. The van der Waals surface area contributed by atoms with Gasteiger partial charge >= 0.3 is 6.18 Å². The van der Waals surface area contributed by atoms with E-state index in [-0.39, 0.29) is 30.5 Å². The lowest BCUT2D eigenvalue weighted by atomic mass is 10.4. The Bertz CT molecular complexity index is 535. The maximum atomic E-state index is 12.2. The van der Waals surface area contributed by atoms with Crippen LogP contribution in [0.1, 0.15) is 9.88 Å². The van der Waals surface area contributed by atoms with Gasteiger partial charge in [-0.25, -0.2) is 4.98 Å². The molecule has 1 aromatic heterocycles. The fraction of sp³-hybridized carbons (Fsp3) is 0.583. The van der Waals surface area contributed by atoms with E-state index in [9.17, 15) is 18.0 Å². The molecule has 0 saturated carbocycles. The van der Waals surface area contributed by atoms with Crippen molar-refractivity contribution in [3.8, 4) is 0 Å². The number of guanidine groups is 1. The van der Waals surface area contributed by atoms with Crippen LogP contribution in [0.15, 0.2) is 11.2 Å². The van der Waals surface area contributed by atoms with Gasteiger partial charge in [0.15, 0.2) is 5.96 Å². The first-order valence-corrected chi connectivity index (χ1v) is 7.19. The summed E-state index contributed by atoms with van der Waals surface area (Å²) in [5, 5.41) is 6.45. The van der Waals surface area contributed by atoms with Gasteiger partial charge < -0.3 is 15.5 Å². The van der Waals surface area contributed by atoms with Gasteiger partial charge in [-0.3, -0.25) is 9.79 Å². The van der Waals surface area contributed by atoms with Gasteiger partial charge in [0.05, 0.1) is 13.1 Å². The Morgan fingerprint density at radius 1 is 1.43 bits per heavy atom. The first-order chi connectivity index (χ1) is 10.2. The highest BCUT2D eigenvalue weighted by Gasteiger charge is 2.31. The predicted molar refractivity (Wildman–Crippen MR) is 94.2 cm³/mol. The molecule has 2 N–H and O–H groups in total. The van der Waals surface area contributed by atoms with Crippen LogP contribution < -0.4 is 10.6 Å². The number of likely N-dealkylation sites (N-methyl/N-ethyl adjacent to an activating group) is 1. The summed E-state index contributed by atoms with van der Waals surface area (Å²) in [6, 6.07) is 0. The second kappa shape index (κ2) is 9.90. The summed E-state index contributed by atoms with van der Waals surface area (Å²) in [6.45, 7) is 0.801. The first kappa shape index (κ1) is 21.9. The van der Waals surface area contributed by atoms with Crippen LogP contribution in [-0.4, -0.2) is 55.1 Å².